The van der Waals surface area contributed by atoms with Gasteiger partial charge in [-0.3, -0.25) is 9.48 Å². The van der Waals surface area contributed by atoms with Gasteiger partial charge in [-0.1, -0.05) is 5.16 Å². The highest BCUT2D eigenvalue weighted by Crippen LogP contribution is 2.36. The van der Waals surface area contributed by atoms with Crippen LogP contribution in [-0.4, -0.2) is 38.0 Å². The predicted molar refractivity (Wildman–Crippen MR) is 111 cm³/mol. The number of carbonyl (C=O) groups excluding carboxylic acids is 1. The number of amides is 1. The van der Waals surface area contributed by atoms with Gasteiger partial charge < -0.3 is 9.84 Å². The summed E-state index contributed by atoms with van der Waals surface area (Å²) in [6.45, 7) is 6.11. The molecule has 0 radical (unpaired) electrons. The fraction of sp³-hybridized carbons (Fsp3) is 0.429. The molecule has 30 heavy (non-hydrogen) atoms. The summed E-state index contributed by atoms with van der Waals surface area (Å²) in [5.41, 5.74) is 4.20. The number of carbonyl (C=O) groups is 1. The fourth-order valence-electron chi connectivity index (χ4n) is 3.68. The summed E-state index contributed by atoms with van der Waals surface area (Å²) in [6, 6.07) is 1.75. The number of terminal acetylenes is 1. The van der Waals surface area contributed by atoms with Crippen LogP contribution in [-0.2, 0) is 7.05 Å². The number of hydrogen-bond acceptors (Lipinski definition) is 7. The molecule has 0 atom stereocenters. The van der Waals surface area contributed by atoms with Gasteiger partial charge in [0.05, 0.1) is 16.6 Å². The largest absolute Gasteiger partial charge is 0.352 e. The number of hydrogen-bond donors (Lipinski definition) is 1. The molecule has 9 heteroatoms. The summed E-state index contributed by atoms with van der Waals surface area (Å²) in [5, 5.41) is 20.4. The summed E-state index contributed by atoms with van der Waals surface area (Å²) in [7, 11) is 1.87. The highest BCUT2D eigenvalue weighted by atomic mass is 16.5. The molecule has 4 heterocycles. The molecule has 0 bridgehead atoms. The molecule has 154 valence electrons. The van der Waals surface area contributed by atoms with Crippen molar-refractivity contribution in [2.75, 3.05) is 6.54 Å². The van der Waals surface area contributed by atoms with Crippen molar-refractivity contribution in [1.82, 2.24) is 25.2 Å². The van der Waals surface area contributed by atoms with Gasteiger partial charge >= 0.3 is 0 Å². The van der Waals surface area contributed by atoms with Crippen LogP contribution in [0, 0.1) is 33.1 Å². The van der Waals surface area contributed by atoms with Gasteiger partial charge in [0.15, 0.2) is 5.66 Å². The number of nitrogens with one attached hydrogen (secondary N) is 1. The topological polar surface area (TPSA) is 111 Å². The average Bonchev–Trinajstić information content (AvgIpc) is 3.28. The Labute approximate surface area is 173 Å². The van der Waals surface area contributed by atoms with E-state index >= 15 is 0 Å². The Morgan fingerprint density at radius 1 is 1.30 bits per heavy atom. The molecule has 1 amide bonds. The second kappa shape index (κ2) is 7.37. The molecule has 1 aliphatic heterocycles. The summed E-state index contributed by atoms with van der Waals surface area (Å²) in [4.78, 5) is 17.5. The Morgan fingerprint density at radius 2 is 2.07 bits per heavy atom. The van der Waals surface area contributed by atoms with E-state index in [4.69, 9.17) is 10.9 Å². The number of pyridine rings is 1. The van der Waals surface area contributed by atoms with Crippen LogP contribution < -0.4 is 5.32 Å². The van der Waals surface area contributed by atoms with Gasteiger partial charge in [-0.2, -0.15) is 15.3 Å². The van der Waals surface area contributed by atoms with E-state index < -0.39 is 5.66 Å². The summed E-state index contributed by atoms with van der Waals surface area (Å²) in [5.74, 6) is 2.39. The van der Waals surface area contributed by atoms with Crippen LogP contribution in [0.1, 0.15) is 46.7 Å². The second-order valence-electron chi connectivity index (χ2n) is 7.58. The van der Waals surface area contributed by atoms with Crippen LogP contribution in [0.5, 0.6) is 0 Å². The maximum Gasteiger partial charge on any atom is 0.259 e. The van der Waals surface area contributed by atoms with E-state index in [1.807, 2.05) is 27.8 Å². The normalized spacial score (nSPS) is 14.1. The molecule has 3 aromatic rings. The first-order valence-corrected chi connectivity index (χ1v) is 9.78. The molecule has 3 aromatic heterocycles. The highest BCUT2D eigenvalue weighted by Gasteiger charge is 2.38. The van der Waals surface area contributed by atoms with Crippen LogP contribution >= 0.6 is 0 Å². The molecule has 0 saturated carbocycles. The summed E-state index contributed by atoms with van der Waals surface area (Å²) >= 11 is 0. The molecule has 1 N–H and O–H groups in total. The van der Waals surface area contributed by atoms with Gasteiger partial charge in [0.1, 0.15) is 5.69 Å². The lowest BCUT2D eigenvalue weighted by Crippen LogP contribution is -2.28. The van der Waals surface area contributed by atoms with Crippen molar-refractivity contribution in [3.8, 4) is 23.6 Å². The minimum absolute atomic E-state index is 0.220. The molecule has 0 aromatic carbocycles. The quantitative estimate of drug-likeness (QED) is 0.607. The summed E-state index contributed by atoms with van der Waals surface area (Å²) < 4.78 is 7.26. The maximum absolute atomic E-state index is 13.1. The zero-order valence-electron chi connectivity index (χ0n) is 17.5. The minimum atomic E-state index is -0.435. The molecule has 0 saturated heterocycles. The predicted octanol–water partition coefficient (Wildman–Crippen LogP) is 3.24. The van der Waals surface area contributed by atoms with Gasteiger partial charge in [0.2, 0.25) is 0 Å². The lowest BCUT2D eigenvalue weighted by atomic mass is 10.0. The number of fused-ring (bicyclic) bond motifs is 1. The zero-order valence-corrected chi connectivity index (χ0v) is 17.5. The Hall–Kier alpha value is -3.54. The molecule has 9 nitrogen and oxygen atoms in total. The van der Waals surface area contributed by atoms with Crippen LogP contribution in [0.4, 0.5) is 0 Å². The van der Waals surface area contributed by atoms with E-state index in [0.717, 1.165) is 17.0 Å². The minimum Gasteiger partial charge on any atom is -0.352 e. The highest BCUT2D eigenvalue weighted by molar-refractivity contribution is 6.09. The van der Waals surface area contributed by atoms with E-state index in [2.05, 4.69) is 36.7 Å². The second-order valence-corrected chi connectivity index (χ2v) is 7.58. The Morgan fingerprint density at radius 3 is 2.70 bits per heavy atom. The van der Waals surface area contributed by atoms with Gasteiger partial charge in [-0.05, 0) is 26.8 Å². The molecule has 0 spiro atoms. The third-order valence-corrected chi connectivity index (χ3v) is 5.43. The van der Waals surface area contributed by atoms with Crippen molar-refractivity contribution in [3.63, 3.8) is 0 Å². The van der Waals surface area contributed by atoms with Crippen molar-refractivity contribution in [2.45, 2.75) is 45.7 Å². The van der Waals surface area contributed by atoms with Crippen molar-refractivity contribution in [2.24, 2.45) is 17.3 Å². The van der Waals surface area contributed by atoms with Gasteiger partial charge in [0.25, 0.3) is 11.6 Å². The van der Waals surface area contributed by atoms with Crippen LogP contribution in [0.25, 0.3) is 22.4 Å². The first-order chi connectivity index (χ1) is 14.3. The number of rotatable bonds is 7. The van der Waals surface area contributed by atoms with Gasteiger partial charge in [-0.15, -0.1) is 12.3 Å². The third kappa shape index (κ3) is 3.45. The standard InChI is InChI=1S/C21H23N7O2/c1-6-7-8-21(26-27-21)9-10-22-19(29)15-11-12(2)23-20-17(15)18(25-30-20)16-13(3)24-28(5)14(16)4/h1,11H,7-10H2,2-5H3,(H,22,29). The summed E-state index contributed by atoms with van der Waals surface area (Å²) in [6.07, 6.45) is 7.26. The monoisotopic (exact) mass is 405 g/mol. The van der Waals surface area contributed by atoms with Crippen molar-refractivity contribution in [3.05, 3.63) is 28.7 Å². The van der Waals surface area contributed by atoms with Crippen LogP contribution in [0.15, 0.2) is 20.8 Å². The van der Waals surface area contributed by atoms with Crippen LogP contribution in [0.3, 0.4) is 0 Å². The molecule has 4 rings (SSSR count). The average molecular weight is 405 g/mol. The number of aryl methyl sites for hydroxylation is 3. The van der Waals surface area contributed by atoms with E-state index in [-0.39, 0.29) is 5.91 Å². The smallest absolute Gasteiger partial charge is 0.259 e. The third-order valence-electron chi connectivity index (χ3n) is 5.43. The Kier molecular flexibility index (Phi) is 4.86. The number of nitrogens with zero attached hydrogens (tertiary/aromatic N) is 6. The molecule has 0 aliphatic carbocycles. The van der Waals surface area contributed by atoms with Gasteiger partial charge in [0, 0.05) is 49.8 Å². The van der Waals surface area contributed by atoms with Crippen molar-refractivity contribution in [1.29, 1.82) is 0 Å². The molecule has 1 aliphatic rings. The zero-order chi connectivity index (χ0) is 21.5. The molecule has 0 fully saturated rings. The Balaban J connectivity index is 1.63. The van der Waals surface area contributed by atoms with Crippen molar-refractivity contribution < 1.29 is 9.32 Å². The molecular formula is C21H23N7O2. The SMILES string of the molecule is C#CCCC1(CCNC(=O)c2cc(C)nc3onc(-c4c(C)nn(C)c4C)c23)N=N1. The van der Waals surface area contributed by atoms with Crippen molar-refractivity contribution >= 4 is 17.0 Å². The molecule has 0 unspecified atom stereocenters. The number of aromatic nitrogens is 4. The van der Waals surface area contributed by atoms with E-state index in [1.54, 1.807) is 10.7 Å². The van der Waals surface area contributed by atoms with E-state index in [9.17, 15) is 4.79 Å². The van der Waals surface area contributed by atoms with E-state index in [1.165, 1.54) is 0 Å². The lowest BCUT2D eigenvalue weighted by molar-refractivity contribution is 0.0953. The lowest BCUT2D eigenvalue weighted by Gasteiger charge is -2.11. The van der Waals surface area contributed by atoms with E-state index in [0.29, 0.717) is 53.9 Å². The molecular weight excluding hydrogens is 382 g/mol. The maximum atomic E-state index is 13.1. The van der Waals surface area contributed by atoms with Crippen LogP contribution in [0.2, 0.25) is 0 Å². The first-order valence-electron chi connectivity index (χ1n) is 9.78. The first kappa shape index (κ1) is 19.8. The fourth-order valence-corrected chi connectivity index (χ4v) is 3.68. The Bertz CT molecular complexity index is 1210. The van der Waals surface area contributed by atoms with Gasteiger partial charge in [-0.25, -0.2) is 4.98 Å².